The zero-order chi connectivity index (χ0) is 21.4. The molecule has 5 aromatic rings. The Morgan fingerprint density at radius 1 is 0.677 bits per heavy atom. The molecule has 2 heterocycles. The summed E-state index contributed by atoms with van der Waals surface area (Å²) in [6.07, 6.45) is 4.02. The van der Waals surface area contributed by atoms with Gasteiger partial charge < -0.3 is 4.40 Å². The maximum absolute atomic E-state index is 11.6. The van der Waals surface area contributed by atoms with Gasteiger partial charge in [-0.2, -0.15) is 0 Å². The fourth-order valence-electron chi connectivity index (χ4n) is 3.67. The summed E-state index contributed by atoms with van der Waals surface area (Å²) in [7, 11) is -3.73. The first kappa shape index (κ1) is 19.2. The Labute approximate surface area is 180 Å². The first-order chi connectivity index (χ1) is 15.0. The van der Waals surface area contributed by atoms with E-state index in [1.54, 1.807) is 12.1 Å². The summed E-state index contributed by atoms with van der Waals surface area (Å²) in [5.74, 6) is 0. The van der Waals surface area contributed by atoms with Crippen LogP contribution in [0.15, 0.2) is 108 Å². The van der Waals surface area contributed by atoms with Crippen molar-refractivity contribution >= 4 is 15.7 Å². The molecule has 0 amide bonds. The maximum atomic E-state index is 11.6. The van der Waals surface area contributed by atoms with Crippen molar-refractivity contribution in [1.82, 2.24) is 9.38 Å². The molecule has 2 N–H and O–H groups in total. The molecule has 6 heteroatoms. The van der Waals surface area contributed by atoms with Crippen molar-refractivity contribution in [2.45, 2.75) is 4.90 Å². The normalized spacial score (nSPS) is 11.6. The number of hydrogen-bond acceptors (Lipinski definition) is 3. The number of nitrogens with zero attached hydrogens (tertiary/aromatic N) is 2. The summed E-state index contributed by atoms with van der Waals surface area (Å²) in [5.41, 5.74) is 6.70. The van der Waals surface area contributed by atoms with Crippen LogP contribution in [0.2, 0.25) is 0 Å². The first-order valence-corrected chi connectivity index (χ1v) is 11.3. The van der Waals surface area contributed by atoms with Crippen molar-refractivity contribution in [3.8, 4) is 33.5 Å². The lowest BCUT2D eigenvalue weighted by Crippen LogP contribution is -2.11. The molecule has 0 unspecified atom stereocenters. The number of aromatic nitrogens is 2. The van der Waals surface area contributed by atoms with E-state index in [2.05, 4.69) is 36.5 Å². The molecule has 31 heavy (non-hydrogen) atoms. The van der Waals surface area contributed by atoms with E-state index in [4.69, 9.17) is 10.1 Å². The summed E-state index contributed by atoms with van der Waals surface area (Å²) in [5, 5.41) is 5.22. The predicted octanol–water partition coefficient (Wildman–Crippen LogP) is 4.98. The highest BCUT2D eigenvalue weighted by molar-refractivity contribution is 7.89. The number of sulfonamides is 1. The Balaban J connectivity index is 1.70. The number of imidazole rings is 1. The van der Waals surface area contributed by atoms with E-state index < -0.39 is 10.0 Å². The lowest BCUT2D eigenvalue weighted by molar-refractivity contribution is 0.598. The molecular weight excluding hydrogens is 406 g/mol. The monoisotopic (exact) mass is 425 g/mol. The zero-order valence-corrected chi connectivity index (χ0v) is 17.3. The highest BCUT2D eigenvalue weighted by Crippen LogP contribution is 2.32. The van der Waals surface area contributed by atoms with E-state index in [0.29, 0.717) is 0 Å². The van der Waals surface area contributed by atoms with Gasteiger partial charge in [0.05, 0.1) is 10.6 Å². The number of primary sulfonamides is 1. The summed E-state index contributed by atoms with van der Waals surface area (Å²) in [6, 6.07) is 29.0. The second kappa shape index (κ2) is 7.50. The molecule has 0 saturated heterocycles. The quantitative estimate of drug-likeness (QED) is 0.441. The largest absolute Gasteiger partial charge is 0.305 e. The van der Waals surface area contributed by atoms with Gasteiger partial charge in [-0.1, -0.05) is 72.8 Å². The Hall–Kier alpha value is -3.74. The van der Waals surface area contributed by atoms with Crippen LogP contribution in [0, 0.1) is 0 Å². The van der Waals surface area contributed by atoms with Crippen molar-refractivity contribution in [3.63, 3.8) is 0 Å². The number of benzene rings is 3. The molecule has 152 valence electrons. The molecule has 0 radical (unpaired) electrons. The SMILES string of the molecule is NS(=O)(=O)c1ccc(-c2cn3cc(-c4ccccc4)cc(-c4ccccc4)c3n2)cc1. The fraction of sp³-hybridized carbons (Fsp3) is 0. The molecule has 0 aliphatic rings. The van der Waals surface area contributed by atoms with Gasteiger partial charge in [0.15, 0.2) is 0 Å². The summed E-state index contributed by atoms with van der Waals surface area (Å²) in [6.45, 7) is 0. The minimum Gasteiger partial charge on any atom is -0.305 e. The Morgan fingerprint density at radius 3 is 1.90 bits per heavy atom. The summed E-state index contributed by atoms with van der Waals surface area (Å²) in [4.78, 5) is 4.95. The van der Waals surface area contributed by atoms with E-state index in [1.165, 1.54) is 12.1 Å². The zero-order valence-electron chi connectivity index (χ0n) is 16.5. The molecule has 3 aromatic carbocycles. The number of nitrogens with two attached hydrogens (primary N) is 1. The van der Waals surface area contributed by atoms with Crippen LogP contribution >= 0.6 is 0 Å². The lowest BCUT2D eigenvalue weighted by atomic mass is 10.0. The van der Waals surface area contributed by atoms with E-state index in [-0.39, 0.29) is 4.90 Å². The van der Waals surface area contributed by atoms with E-state index in [0.717, 1.165) is 39.2 Å². The highest BCUT2D eigenvalue weighted by atomic mass is 32.2. The van der Waals surface area contributed by atoms with Crippen LogP contribution in [0.25, 0.3) is 39.2 Å². The minimum absolute atomic E-state index is 0.0800. The number of pyridine rings is 1. The molecule has 0 aliphatic carbocycles. The Bertz CT molecular complexity index is 1480. The van der Waals surface area contributed by atoms with Crippen molar-refractivity contribution in [2.24, 2.45) is 5.14 Å². The van der Waals surface area contributed by atoms with Crippen LogP contribution in [0.1, 0.15) is 0 Å². The second-order valence-corrected chi connectivity index (χ2v) is 8.86. The third kappa shape index (κ3) is 3.74. The van der Waals surface area contributed by atoms with Crippen LogP contribution in [0.3, 0.4) is 0 Å². The maximum Gasteiger partial charge on any atom is 0.238 e. The van der Waals surface area contributed by atoms with Crippen LogP contribution in [-0.4, -0.2) is 17.8 Å². The lowest BCUT2D eigenvalue weighted by Gasteiger charge is -2.09. The highest BCUT2D eigenvalue weighted by Gasteiger charge is 2.14. The number of hydrogen-bond donors (Lipinski definition) is 1. The van der Waals surface area contributed by atoms with Crippen molar-refractivity contribution in [1.29, 1.82) is 0 Å². The van der Waals surface area contributed by atoms with E-state index in [1.807, 2.05) is 47.0 Å². The van der Waals surface area contributed by atoms with Gasteiger partial charge in [-0.3, -0.25) is 0 Å². The third-order valence-corrected chi connectivity index (χ3v) is 6.15. The smallest absolute Gasteiger partial charge is 0.238 e. The van der Waals surface area contributed by atoms with Crippen LogP contribution in [0.5, 0.6) is 0 Å². The van der Waals surface area contributed by atoms with Crippen LogP contribution in [-0.2, 0) is 10.0 Å². The van der Waals surface area contributed by atoms with Crippen molar-refractivity contribution in [2.75, 3.05) is 0 Å². The first-order valence-electron chi connectivity index (χ1n) is 9.76. The molecule has 2 aromatic heterocycles. The molecule has 0 fully saturated rings. The molecule has 5 rings (SSSR count). The number of fused-ring (bicyclic) bond motifs is 1. The van der Waals surface area contributed by atoms with Gasteiger partial charge >= 0.3 is 0 Å². The average molecular weight is 426 g/mol. The van der Waals surface area contributed by atoms with E-state index >= 15 is 0 Å². The standard InChI is InChI=1S/C25H19N3O2S/c26-31(29,30)22-13-11-20(12-14-22)24-17-28-16-21(18-7-3-1-4-8-18)15-23(25(28)27-24)19-9-5-2-6-10-19/h1-17H,(H2,26,29,30). The predicted molar refractivity (Wildman–Crippen MR) is 123 cm³/mol. The minimum atomic E-state index is -3.73. The van der Waals surface area contributed by atoms with Gasteiger partial charge in [0, 0.05) is 23.5 Å². The molecule has 0 spiro atoms. The van der Waals surface area contributed by atoms with Gasteiger partial charge in [0.1, 0.15) is 5.65 Å². The Kier molecular flexibility index (Phi) is 4.66. The van der Waals surface area contributed by atoms with Gasteiger partial charge in [-0.15, -0.1) is 0 Å². The van der Waals surface area contributed by atoms with Crippen molar-refractivity contribution < 1.29 is 8.42 Å². The molecule has 0 aliphatic heterocycles. The van der Waals surface area contributed by atoms with Crippen molar-refractivity contribution in [3.05, 3.63) is 103 Å². The topological polar surface area (TPSA) is 77.5 Å². The second-order valence-electron chi connectivity index (χ2n) is 7.30. The molecule has 0 bridgehead atoms. The third-order valence-electron chi connectivity index (χ3n) is 5.22. The van der Waals surface area contributed by atoms with Crippen LogP contribution < -0.4 is 5.14 Å². The van der Waals surface area contributed by atoms with E-state index in [9.17, 15) is 8.42 Å². The molecule has 0 saturated carbocycles. The Morgan fingerprint density at radius 2 is 1.29 bits per heavy atom. The van der Waals surface area contributed by atoms with Gasteiger partial charge in [0.2, 0.25) is 10.0 Å². The molecule has 0 atom stereocenters. The number of rotatable bonds is 4. The summed E-state index contributed by atoms with van der Waals surface area (Å²) < 4.78 is 25.1. The summed E-state index contributed by atoms with van der Waals surface area (Å²) >= 11 is 0. The van der Waals surface area contributed by atoms with Gasteiger partial charge in [-0.05, 0) is 34.9 Å². The van der Waals surface area contributed by atoms with Gasteiger partial charge in [-0.25, -0.2) is 18.5 Å². The molecule has 5 nitrogen and oxygen atoms in total. The fourth-order valence-corrected chi connectivity index (χ4v) is 4.19. The average Bonchev–Trinajstić information content (AvgIpc) is 3.23. The van der Waals surface area contributed by atoms with Crippen LogP contribution in [0.4, 0.5) is 0 Å². The molecular formula is C25H19N3O2S. The van der Waals surface area contributed by atoms with Gasteiger partial charge in [0.25, 0.3) is 0 Å².